The lowest BCUT2D eigenvalue weighted by Gasteiger charge is -2.19. The summed E-state index contributed by atoms with van der Waals surface area (Å²) in [4.78, 5) is 25.3. The van der Waals surface area contributed by atoms with Crippen LogP contribution in [0.1, 0.15) is 26.3 Å². The van der Waals surface area contributed by atoms with Gasteiger partial charge in [0.2, 0.25) is 0 Å². The molecule has 1 N–H and O–H groups in total. The minimum absolute atomic E-state index is 0.396. The predicted molar refractivity (Wildman–Crippen MR) is 125 cm³/mol. The molecule has 6 nitrogen and oxygen atoms in total. The van der Waals surface area contributed by atoms with Crippen LogP contribution in [0.5, 0.6) is 0 Å². The third-order valence-corrected chi connectivity index (χ3v) is 5.89. The molecule has 0 spiro atoms. The highest BCUT2D eigenvalue weighted by Gasteiger charge is 2.22. The average Bonchev–Trinajstić information content (AvgIpc) is 3.42. The van der Waals surface area contributed by atoms with Crippen LogP contribution in [-0.2, 0) is 4.74 Å². The fourth-order valence-corrected chi connectivity index (χ4v) is 4.51. The first-order valence-electron chi connectivity index (χ1n) is 10.0. The summed E-state index contributed by atoms with van der Waals surface area (Å²) in [6, 6.07) is 9.99. The second kappa shape index (κ2) is 7.06. The highest BCUT2D eigenvalue weighted by Crippen LogP contribution is 2.37. The van der Waals surface area contributed by atoms with E-state index in [0.29, 0.717) is 0 Å². The molecule has 5 rings (SSSR count). The van der Waals surface area contributed by atoms with E-state index in [1.165, 1.54) is 0 Å². The molecule has 7 heteroatoms. The number of aromatic nitrogens is 4. The van der Waals surface area contributed by atoms with Gasteiger partial charge in [-0.15, -0.1) is 11.3 Å². The number of H-pyrrole nitrogens is 1. The number of carbonyl (C=O) groups excluding carboxylic acids is 1. The van der Waals surface area contributed by atoms with E-state index in [-0.39, 0.29) is 0 Å². The van der Waals surface area contributed by atoms with Gasteiger partial charge in [0.05, 0.1) is 11.2 Å². The fourth-order valence-electron chi connectivity index (χ4n) is 3.67. The van der Waals surface area contributed by atoms with Crippen molar-refractivity contribution in [3.8, 4) is 21.8 Å². The Morgan fingerprint density at radius 3 is 2.81 bits per heavy atom. The van der Waals surface area contributed by atoms with Crippen molar-refractivity contribution in [3.05, 3.63) is 59.9 Å². The number of benzene rings is 1. The molecule has 4 heterocycles. The van der Waals surface area contributed by atoms with Gasteiger partial charge in [-0.1, -0.05) is 11.6 Å². The SMILES string of the molecule is Cc1ccc2c(c1)c(-c1nc(-c3c[nH]c4ncccc34)cs1)cn2C(=O)OC(C)(C)C. The maximum absolute atomic E-state index is 12.9. The van der Waals surface area contributed by atoms with Gasteiger partial charge >= 0.3 is 6.09 Å². The molecule has 0 aliphatic rings. The van der Waals surface area contributed by atoms with Crippen LogP contribution in [0.4, 0.5) is 4.79 Å². The number of rotatable bonds is 2. The first-order chi connectivity index (χ1) is 14.8. The van der Waals surface area contributed by atoms with Crippen molar-refractivity contribution in [3.63, 3.8) is 0 Å². The minimum atomic E-state index is -0.573. The lowest BCUT2D eigenvalue weighted by Crippen LogP contribution is -2.26. The number of aryl methyl sites for hydroxylation is 1. The number of fused-ring (bicyclic) bond motifs is 2. The monoisotopic (exact) mass is 430 g/mol. The van der Waals surface area contributed by atoms with Crippen LogP contribution in [0.25, 0.3) is 43.8 Å². The van der Waals surface area contributed by atoms with Gasteiger partial charge in [0.25, 0.3) is 0 Å². The summed E-state index contributed by atoms with van der Waals surface area (Å²) in [5, 5.41) is 4.90. The molecular weight excluding hydrogens is 408 g/mol. The standard InChI is InChI=1S/C24H22N4O2S/c1-14-7-8-20-16(10-14)18(12-28(20)23(29)30-24(2,3)4)22-27-19(13-31-22)17-11-26-21-15(17)6-5-9-25-21/h5-13H,1-4H3,(H,25,26). The number of thiazole rings is 1. The van der Waals surface area contributed by atoms with Gasteiger partial charge in [-0.25, -0.2) is 14.8 Å². The second-order valence-corrected chi connectivity index (χ2v) is 9.41. The van der Waals surface area contributed by atoms with Crippen molar-refractivity contribution < 1.29 is 9.53 Å². The van der Waals surface area contributed by atoms with Crippen molar-refractivity contribution >= 4 is 39.4 Å². The molecule has 4 aromatic heterocycles. The molecule has 0 aliphatic carbocycles. The molecule has 0 unspecified atom stereocenters. The summed E-state index contributed by atoms with van der Waals surface area (Å²) in [6.45, 7) is 7.64. The van der Waals surface area contributed by atoms with Crippen molar-refractivity contribution in [1.82, 2.24) is 19.5 Å². The second-order valence-electron chi connectivity index (χ2n) is 8.55. The van der Waals surface area contributed by atoms with Crippen molar-refractivity contribution in [2.75, 3.05) is 0 Å². The normalized spacial score (nSPS) is 12.0. The number of ether oxygens (including phenoxy) is 1. The average molecular weight is 431 g/mol. The Kier molecular flexibility index (Phi) is 4.44. The van der Waals surface area contributed by atoms with E-state index >= 15 is 0 Å². The number of aromatic amines is 1. The predicted octanol–water partition coefficient (Wildman–Crippen LogP) is 6.40. The molecule has 0 bridgehead atoms. The van der Waals surface area contributed by atoms with E-state index in [2.05, 4.69) is 16.0 Å². The molecule has 0 fully saturated rings. The zero-order valence-electron chi connectivity index (χ0n) is 17.8. The Hall–Kier alpha value is -3.45. The Morgan fingerprint density at radius 1 is 1.16 bits per heavy atom. The number of hydrogen-bond acceptors (Lipinski definition) is 5. The lowest BCUT2D eigenvalue weighted by molar-refractivity contribution is 0.0544. The zero-order chi connectivity index (χ0) is 21.8. The number of carbonyl (C=O) groups is 1. The number of hydrogen-bond donors (Lipinski definition) is 1. The largest absolute Gasteiger partial charge is 0.443 e. The number of nitrogens with zero attached hydrogens (tertiary/aromatic N) is 3. The van der Waals surface area contributed by atoms with Gasteiger partial charge in [0.15, 0.2) is 0 Å². The molecule has 0 radical (unpaired) electrons. The van der Waals surface area contributed by atoms with E-state index < -0.39 is 11.7 Å². The van der Waals surface area contributed by atoms with Crippen LogP contribution in [0.2, 0.25) is 0 Å². The molecule has 0 amide bonds. The van der Waals surface area contributed by atoms with E-state index in [1.807, 2.05) is 69.7 Å². The summed E-state index contributed by atoms with van der Waals surface area (Å²) in [5.74, 6) is 0. The summed E-state index contributed by atoms with van der Waals surface area (Å²) in [5.41, 5.74) is 5.00. The third-order valence-electron chi connectivity index (χ3n) is 5.01. The zero-order valence-corrected chi connectivity index (χ0v) is 18.6. The van der Waals surface area contributed by atoms with Crippen molar-refractivity contribution in [1.29, 1.82) is 0 Å². The highest BCUT2D eigenvalue weighted by atomic mass is 32.1. The minimum Gasteiger partial charge on any atom is -0.443 e. The first kappa shape index (κ1) is 19.5. The van der Waals surface area contributed by atoms with Gasteiger partial charge in [0, 0.05) is 45.9 Å². The molecular formula is C24H22N4O2S. The van der Waals surface area contributed by atoms with E-state index in [1.54, 1.807) is 22.1 Å². The summed E-state index contributed by atoms with van der Waals surface area (Å²) >= 11 is 1.56. The Bertz CT molecular complexity index is 1440. The Balaban J connectivity index is 1.63. The lowest BCUT2D eigenvalue weighted by atomic mass is 10.1. The third kappa shape index (κ3) is 3.51. The number of nitrogens with one attached hydrogen (secondary N) is 1. The van der Waals surface area contributed by atoms with Crippen LogP contribution in [-0.4, -0.2) is 31.2 Å². The van der Waals surface area contributed by atoms with E-state index in [4.69, 9.17) is 9.72 Å². The van der Waals surface area contributed by atoms with Crippen LogP contribution in [0, 0.1) is 6.92 Å². The van der Waals surface area contributed by atoms with Crippen LogP contribution in [0.3, 0.4) is 0 Å². The Morgan fingerprint density at radius 2 is 2.00 bits per heavy atom. The van der Waals surface area contributed by atoms with Crippen LogP contribution < -0.4 is 0 Å². The quantitative estimate of drug-likeness (QED) is 0.352. The molecule has 156 valence electrons. The maximum Gasteiger partial charge on any atom is 0.419 e. The molecule has 31 heavy (non-hydrogen) atoms. The van der Waals surface area contributed by atoms with Gasteiger partial charge in [0.1, 0.15) is 16.3 Å². The van der Waals surface area contributed by atoms with Gasteiger partial charge < -0.3 is 9.72 Å². The van der Waals surface area contributed by atoms with Crippen LogP contribution >= 0.6 is 11.3 Å². The fraction of sp³-hybridized carbons (Fsp3) is 0.208. The van der Waals surface area contributed by atoms with E-state index in [9.17, 15) is 4.79 Å². The van der Waals surface area contributed by atoms with Gasteiger partial charge in [-0.2, -0.15) is 0 Å². The molecule has 0 saturated heterocycles. The molecule has 0 atom stereocenters. The van der Waals surface area contributed by atoms with E-state index in [0.717, 1.165) is 49.3 Å². The van der Waals surface area contributed by atoms with Crippen molar-refractivity contribution in [2.45, 2.75) is 33.3 Å². The highest BCUT2D eigenvalue weighted by molar-refractivity contribution is 7.13. The smallest absolute Gasteiger partial charge is 0.419 e. The first-order valence-corrected chi connectivity index (χ1v) is 10.9. The topological polar surface area (TPSA) is 72.8 Å². The number of pyridine rings is 1. The molecule has 0 aliphatic heterocycles. The van der Waals surface area contributed by atoms with Crippen molar-refractivity contribution in [2.24, 2.45) is 0 Å². The van der Waals surface area contributed by atoms with Gasteiger partial charge in [-0.05, 0) is 52.0 Å². The molecule has 0 saturated carbocycles. The van der Waals surface area contributed by atoms with Crippen LogP contribution in [0.15, 0.2) is 54.3 Å². The summed E-state index contributed by atoms with van der Waals surface area (Å²) in [6.07, 6.45) is 5.14. The molecule has 1 aromatic carbocycles. The Labute approximate surface area is 183 Å². The van der Waals surface area contributed by atoms with Gasteiger partial charge in [-0.3, -0.25) is 4.57 Å². The molecule has 5 aromatic rings. The summed E-state index contributed by atoms with van der Waals surface area (Å²) < 4.78 is 7.20. The summed E-state index contributed by atoms with van der Waals surface area (Å²) in [7, 11) is 0. The maximum atomic E-state index is 12.9.